The van der Waals surface area contributed by atoms with Crippen molar-refractivity contribution in [3.63, 3.8) is 0 Å². The summed E-state index contributed by atoms with van der Waals surface area (Å²) in [4.78, 5) is 2.61. The van der Waals surface area contributed by atoms with Crippen molar-refractivity contribution in [3.8, 4) is 0 Å². The third-order valence-corrected chi connectivity index (χ3v) is 5.05. The maximum absolute atomic E-state index is 6.12. The SMILES string of the molecule is C=CC1CN2CCC1CC2[C@H](C)OCc1ccccc1. The first-order valence-corrected chi connectivity index (χ1v) is 7.80. The minimum atomic E-state index is 0.309. The topological polar surface area (TPSA) is 12.5 Å². The Bertz CT molecular complexity index is 444. The molecule has 0 amide bonds. The fraction of sp³-hybridized carbons (Fsp3) is 0.556. The number of hydrogen-bond acceptors (Lipinski definition) is 2. The summed E-state index contributed by atoms with van der Waals surface area (Å²) in [6.07, 6.45) is 5.07. The van der Waals surface area contributed by atoms with Crippen molar-refractivity contribution in [1.82, 2.24) is 4.90 Å². The van der Waals surface area contributed by atoms with Gasteiger partial charge in [0.05, 0.1) is 12.7 Å². The van der Waals surface area contributed by atoms with E-state index in [1.807, 2.05) is 6.07 Å². The minimum Gasteiger partial charge on any atom is -0.372 e. The van der Waals surface area contributed by atoms with Gasteiger partial charge in [-0.05, 0) is 43.7 Å². The first kappa shape index (κ1) is 13.8. The average Bonchev–Trinajstić information content (AvgIpc) is 2.53. The Kier molecular flexibility index (Phi) is 4.23. The van der Waals surface area contributed by atoms with Crippen molar-refractivity contribution in [2.45, 2.75) is 38.5 Å². The van der Waals surface area contributed by atoms with Crippen LogP contribution in [0.4, 0.5) is 0 Å². The highest BCUT2D eigenvalue weighted by atomic mass is 16.5. The fourth-order valence-electron chi connectivity index (χ4n) is 3.78. The summed E-state index contributed by atoms with van der Waals surface area (Å²) in [5, 5.41) is 0. The van der Waals surface area contributed by atoms with Crippen LogP contribution in [0, 0.1) is 11.8 Å². The molecule has 2 nitrogen and oxygen atoms in total. The lowest BCUT2D eigenvalue weighted by molar-refractivity contribution is -0.0711. The van der Waals surface area contributed by atoms with Crippen molar-refractivity contribution in [3.05, 3.63) is 48.6 Å². The summed E-state index contributed by atoms with van der Waals surface area (Å²) in [7, 11) is 0. The van der Waals surface area contributed by atoms with E-state index in [1.54, 1.807) is 0 Å². The van der Waals surface area contributed by atoms with Crippen molar-refractivity contribution in [1.29, 1.82) is 0 Å². The van der Waals surface area contributed by atoms with Gasteiger partial charge in [-0.2, -0.15) is 0 Å². The summed E-state index contributed by atoms with van der Waals surface area (Å²) in [6, 6.07) is 11.1. The van der Waals surface area contributed by atoms with Crippen LogP contribution in [0.5, 0.6) is 0 Å². The number of hydrogen-bond donors (Lipinski definition) is 0. The lowest BCUT2D eigenvalue weighted by Gasteiger charge is -2.50. The van der Waals surface area contributed by atoms with E-state index in [4.69, 9.17) is 4.74 Å². The summed E-state index contributed by atoms with van der Waals surface area (Å²) in [5.74, 6) is 1.52. The first-order chi connectivity index (χ1) is 9.78. The smallest absolute Gasteiger partial charge is 0.0721 e. The molecule has 0 spiro atoms. The zero-order valence-electron chi connectivity index (χ0n) is 12.4. The minimum absolute atomic E-state index is 0.309. The third-order valence-electron chi connectivity index (χ3n) is 5.05. The highest BCUT2D eigenvalue weighted by molar-refractivity contribution is 5.13. The van der Waals surface area contributed by atoms with E-state index in [0.29, 0.717) is 18.1 Å². The Labute approximate surface area is 122 Å². The maximum atomic E-state index is 6.12. The predicted molar refractivity (Wildman–Crippen MR) is 82.5 cm³/mol. The molecule has 2 heteroatoms. The number of benzene rings is 1. The molecule has 1 aromatic carbocycles. The molecular weight excluding hydrogens is 246 g/mol. The zero-order valence-corrected chi connectivity index (χ0v) is 12.4. The molecule has 0 aromatic heterocycles. The Morgan fingerprint density at radius 1 is 1.40 bits per heavy atom. The molecule has 0 N–H and O–H groups in total. The summed E-state index contributed by atoms with van der Waals surface area (Å²) >= 11 is 0. The van der Waals surface area contributed by atoms with Gasteiger partial charge in [0.15, 0.2) is 0 Å². The second-order valence-corrected chi connectivity index (χ2v) is 6.25. The number of fused-ring (bicyclic) bond motifs is 3. The van der Waals surface area contributed by atoms with Crippen LogP contribution < -0.4 is 0 Å². The van der Waals surface area contributed by atoms with E-state index in [0.717, 1.165) is 12.5 Å². The lowest BCUT2D eigenvalue weighted by Crippen LogP contribution is -2.56. The predicted octanol–water partition coefficient (Wildman–Crippen LogP) is 3.49. The fourth-order valence-corrected chi connectivity index (χ4v) is 3.78. The van der Waals surface area contributed by atoms with Crippen LogP contribution in [0.25, 0.3) is 0 Å². The molecule has 20 heavy (non-hydrogen) atoms. The van der Waals surface area contributed by atoms with Gasteiger partial charge in [0.2, 0.25) is 0 Å². The quantitative estimate of drug-likeness (QED) is 0.760. The van der Waals surface area contributed by atoms with Gasteiger partial charge in [0.25, 0.3) is 0 Å². The van der Waals surface area contributed by atoms with Crippen molar-refractivity contribution < 1.29 is 4.74 Å². The molecule has 3 saturated heterocycles. The molecule has 0 saturated carbocycles. The van der Waals surface area contributed by atoms with E-state index in [9.17, 15) is 0 Å². The summed E-state index contributed by atoms with van der Waals surface area (Å²) in [6.45, 7) is 9.36. The van der Waals surface area contributed by atoms with Crippen LogP contribution >= 0.6 is 0 Å². The van der Waals surface area contributed by atoms with Gasteiger partial charge < -0.3 is 4.74 Å². The molecule has 2 bridgehead atoms. The largest absolute Gasteiger partial charge is 0.372 e. The molecule has 3 aliphatic rings. The van der Waals surface area contributed by atoms with E-state index in [-0.39, 0.29) is 0 Å². The average molecular weight is 271 g/mol. The highest BCUT2D eigenvalue weighted by Crippen LogP contribution is 2.38. The Balaban J connectivity index is 1.56. The molecule has 0 aliphatic carbocycles. The number of nitrogens with zero attached hydrogens (tertiary/aromatic N) is 1. The van der Waals surface area contributed by atoms with Gasteiger partial charge in [-0.15, -0.1) is 6.58 Å². The normalized spacial score (nSPS) is 33.9. The highest BCUT2D eigenvalue weighted by Gasteiger charge is 2.41. The third kappa shape index (κ3) is 2.82. The lowest BCUT2D eigenvalue weighted by atomic mass is 9.74. The van der Waals surface area contributed by atoms with Crippen LogP contribution in [0.1, 0.15) is 25.3 Å². The molecule has 3 heterocycles. The Hall–Kier alpha value is -1.12. The van der Waals surface area contributed by atoms with Gasteiger partial charge in [-0.25, -0.2) is 0 Å². The second kappa shape index (κ2) is 6.11. The van der Waals surface area contributed by atoms with E-state index in [2.05, 4.69) is 48.7 Å². The second-order valence-electron chi connectivity index (χ2n) is 6.25. The standard InChI is InChI=1S/C18H25NO/c1-3-16-12-19-10-9-17(16)11-18(19)14(2)20-13-15-7-5-4-6-8-15/h3-8,14,16-18H,1,9-13H2,2H3/t14-,16?,17?,18?/m0/s1. The van der Waals surface area contributed by atoms with Crippen molar-refractivity contribution in [2.24, 2.45) is 11.8 Å². The molecule has 4 unspecified atom stereocenters. The monoisotopic (exact) mass is 271 g/mol. The Morgan fingerprint density at radius 2 is 2.20 bits per heavy atom. The summed E-state index contributed by atoms with van der Waals surface area (Å²) < 4.78 is 6.12. The van der Waals surface area contributed by atoms with Gasteiger partial charge in [-0.1, -0.05) is 36.4 Å². The molecule has 3 fully saturated rings. The molecule has 4 rings (SSSR count). The van der Waals surface area contributed by atoms with E-state index >= 15 is 0 Å². The zero-order chi connectivity index (χ0) is 13.9. The maximum Gasteiger partial charge on any atom is 0.0721 e. The molecule has 0 radical (unpaired) electrons. The van der Waals surface area contributed by atoms with Gasteiger partial charge in [-0.3, -0.25) is 4.90 Å². The van der Waals surface area contributed by atoms with Crippen LogP contribution in [0.3, 0.4) is 0 Å². The van der Waals surface area contributed by atoms with Gasteiger partial charge >= 0.3 is 0 Å². The van der Waals surface area contributed by atoms with Crippen molar-refractivity contribution in [2.75, 3.05) is 13.1 Å². The number of piperidine rings is 3. The molecule has 5 atom stereocenters. The molecule has 1 aromatic rings. The Morgan fingerprint density at radius 3 is 2.85 bits per heavy atom. The van der Waals surface area contributed by atoms with E-state index < -0.39 is 0 Å². The number of ether oxygens (including phenoxy) is 1. The van der Waals surface area contributed by atoms with E-state index in [1.165, 1.54) is 31.5 Å². The van der Waals surface area contributed by atoms with Crippen LogP contribution in [0.2, 0.25) is 0 Å². The number of rotatable bonds is 5. The molecule has 3 aliphatic heterocycles. The molecular formula is C18H25NO. The molecule has 108 valence electrons. The summed E-state index contributed by atoms with van der Waals surface area (Å²) in [5.41, 5.74) is 1.26. The van der Waals surface area contributed by atoms with Crippen LogP contribution in [-0.2, 0) is 11.3 Å². The van der Waals surface area contributed by atoms with Crippen LogP contribution in [0.15, 0.2) is 43.0 Å². The van der Waals surface area contributed by atoms with Crippen molar-refractivity contribution >= 4 is 0 Å². The van der Waals surface area contributed by atoms with Gasteiger partial charge in [0.1, 0.15) is 0 Å². The van der Waals surface area contributed by atoms with Crippen LogP contribution in [-0.4, -0.2) is 30.1 Å². The first-order valence-electron chi connectivity index (χ1n) is 7.80. The van der Waals surface area contributed by atoms with Gasteiger partial charge in [0, 0.05) is 12.6 Å².